The third-order valence-electron chi connectivity index (χ3n) is 4.29. The van der Waals surface area contributed by atoms with E-state index in [0.717, 1.165) is 12.8 Å². The van der Waals surface area contributed by atoms with Crippen LogP contribution in [0.4, 0.5) is 5.69 Å². The van der Waals surface area contributed by atoms with Crippen molar-refractivity contribution in [1.82, 2.24) is 5.32 Å². The number of hydrogen-bond acceptors (Lipinski definition) is 5. The molecule has 0 aliphatic carbocycles. The van der Waals surface area contributed by atoms with Gasteiger partial charge in [0.1, 0.15) is 17.6 Å². The van der Waals surface area contributed by atoms with Crippen molar-refractivity contribution in [3.8, 4) is 11.5 Å². The molecule has 132 valence electrons. The molecule has 2 aliphatic heterocycles. The lowest BCUT2D eigenvalue weighted by atomic mass is 10.1. The van der Waals surface area contributed by atoms with Crippen molar-refractivity contribution in [2.75, 3.05) is 11.9 Å². The summed E-state index contributed by atoms with van der Waals surface area (Å²) in [6.07, 6.45) is 1.25. The Hall–Kier alpha value is -3.19. The highest BCUT2D eigenvalue weighted by Gasteiger charge is 2.27. The van der Waals surface area contributed by atoms with Crippen molar-refractivity contribution in [1.29, 1.82) is 0 Å². The number of carbonyl (C=O) groups is 3. The van der Waals surface area contributed by atoms with Gasteiger partial charge >= 0.3 is 0 Å². The van der Waals surface area contributed by atoms with E-state index in [1.54, 1.807) is 36.4 Å². The van der Waals surface area contributed by atoms with Gasteiger partial charge in [-0.25, -0.2) is 0 Å². The number of ether oxygens (including phenoxy) is 2. The fraction of sp³-hybridized carbons (Fsp3) is 0.211. The molecule has 0 spiro atoms. The van der Waals surface area contributed by atoms with Crippen LogP contribution in [0.2, 0.25) is 0 Å². The number of anilines is 1. The molecule has 2 aliphatic rings. The quantitative estimate of drug-likeness (QED) is 0.825. The first-order valence-electron chi connectivity index (χ1n) is 8.30. The van der Waals surface area contributed by atoms with Crippen LogP contribution in [-0.4, -0.2) is 30.4 Å². The zero-order valence-corrected chi connectivity index (χ0v) is 13.8. The summed E-state index contributed by atoms with van der Waals surface area (Å²) >= 11 is 0. The molecule has 2 aromatic carbocycles. The predicted molar refractivity (Wildman–Crippen MR) is 92.4 cm³/mol. The Balaban J connectivity index is 1.43. The molecule has 0 bridgehead atoms. The Morgan fingerprint density at radius 1 is 1.04 bits per heavy atom. The van der Waals surface area contributed by atoms with E-state index >= 15 is 0 Å². The van der Waals surface area contributed by atoms with E-state index in [0.29, 0.717) is 34.9 Å². The smallest absolute Gasteiger partial charge is 0.259 e. The molecule has 0 radical (unpaired) electrons. The third kappa shape index (κ3) is 3.16. The largest absolute Gasteiger partial charge is 0.457 e. The monoisotopic (exact) mass is 352 g/mol. The Morgan fingerprint density at radius 3 is 2.50 bits per heavy atom. The summed E-state index contributed by atoms with van der Waals surface area (Å²) in [5.41, 5.74) is 1.29. The van der Waals surface area contributed by atoms with Gasteiger partial charge in [0, 0.05) is 12.3 Å². The molecule has 2 heterocycles. The average Bonchev–Trinajstić information content (AvgIpc) is 3.26. The van der Waals surface area contributed by atoms with Crippen LogP contribution in [0.1, 0.15) is 33.6 Å². The van der Waals surface area contributed by atoms with E-state index < -0.39 is 11.8 Å². The predicted octanol–water partition coefficient (Wildman–Crippen LogP) is 2.48. The van der Waals surface area contributed by atoms with Crippen LogP contribution >= 0.6 is 0 Å². The Kier molecular flexibility index (Phi) is 4.14. The zero-order chi connectivity index (χ0) is 18.1. The van der Waals surface area contributed by atoms with E-state index in [2.05, 4.69) is 10.6 Å². The lowest BCUT2D eigenvalue weighted by molar-refractivity contribution is -0.124. The van der Waals surface area contributed by atoms with E-state index in [-0.39, 0.29) is 12.0 Å². The van der Waals surface area contributed by atoms with Crippen LogP contribution in [0.3, 0.4) is 0 Å². The molecule has 2 N–H and O–H groups in total. The Morgan fingerprint density at radius 2 is 1.77 bits per heavy atom. The standard InChI is InChI=1S/C19H16N2O5/c22-17-14-8-7-13(10-15(14)18(23)21-17)26-12-5-3-11(4-6-12)20-19(24)16-2-1-9-25-16/h3-8,10,16H,1-2,9H2,(H,20,24)(H,21,22,23)/t16-/m1/s1. The molecule has 26 heavy (non-hydrogen) atoms. The Labute approximate surface area is 149 Å². The van der Waals surface area contributed by atoms with Crippen molar-refractivity contribution in [2.45, 2.75) is 18.9 Å². The van der Waals surface area contributed by atoms with Crippen molar-refractivity contribution in [3.05, 3.63) is 53.6 Å². The molecule has 1 saturated heterocycles. The maximum absolute atomic E-state index is 12.0. The number of benzene rings is 2. The van der Waals surface area contributed by atoms with Crippen LogP contribution in [0.5, 0.6) is 11.5 Å². The molecule has 7 heteroatoms. The van der Waals surface area contributed by atoms with E-state index in [4.69, 9.17) is 9.47 Å². The molecule has 1 atom stereocenters. The van der Waals surface area contributed by atoms with Crippen LogP contribution in [0, 0.1) is 0 Å². The van der Waals surface area contributed by atoms with Gasteiger partial charge in [0.2, 0.25) is 0 Å². The van der Waals surface area contributed by atoms with Crippen molar-refractivity contribution >= 4 is 23.4 Å². The van der Waals surface area contributed by atoms with E-state index in [9.17, 15) is 14.4 Å². The molecule has 2 aromatic rings. The second kappa shape index (κ2) is 6.61. The fourth-order valence-electron chi connectivity index (χ4n) is 2.96. The number of amides is 3. The summed E-state index contributed by atoms with van der Waals surface area (Å²) in [7, 11) is 0. The molecule has 4 rings (SSSR count). The first kappa shape index (κ1) is 16.3. The number of rotatable bonds is 4. The van der Waals surface area contributed by atoms with Crippen molar-refractivity contribution in [3.63, 3.8) is 0 Å². The highest BCUT2D eigenvalue weighted by molar-refractivity contribution is 6.21. The summed E-state index contributed by atoms with van der Waals surface area (Å²) in [4.78, 5) is 35.3. The molecule has 1 fully saturated rings. The molecule has 3 amide bonds. The van der Waals surface area contributed by atoms with E-state index in [1.165, 1.54) is 6.07 Å². The van der Waals surface area contributed by atoms with Gasteiger partial charge in [-0.2, -0.15) is 0 Å². The molecular weight excluding hydrogens is 336 g/mol. The molecule has 0 unspecified atom stereocenters. The lowest BCUT2D eigenvalue weighted by Gasteiger charge is -2.11. The van der Waals surface area contributed by atoms with Gasteiger partial charge < -0.3 is 14.8 Å². The van der Waals surface area contributed by atoms with Gasteiger partial charge in [0.05, 0.1) is 11.1 Å². The van der Waals surface area contributed by atoms with Gasteiger partial charge in [0.15, 0.2) is 0 Å². The van der Waals surface area contributed by atoms with Crippen LogP contribution < -0.4 is 15.4 Å². The minimum Gasteiger partial charge on any atom is -0.457 e. The molecular formula is C19H16N2O5. The minimum absolute atomic E-state index is 0.148. The molecule has 7 nitrogen and oxygen atoms in total. The Bertz CT molecular complexity index is 885. The summed E-state index contributed by atoms with van der Waals surface area (Å²) in [5, 5.41) is 5.05. The second-order valence-corrected chi connectivity index (χ2v) is 6.11. The van der Waals surface area contributed by atoms with Gasteiger partial charge in [-0.15, -0.1) is 0 Å². The topological polar surface area (TPSA) is 93.7 Å². The van der Waals surface area contributed by atoms with Gasteiger partial charge in [0.25, 0.3) is 17.7 Å². The van der Waals surface area contributed by atoms with Gasteiger partial charge in [-0.1, -0.05) is 0 Å². The van der Waals surface area contributed by atoms with Crippen LogP contribution in [0.15, 0.2) is 42.5 Å². The second-order valence-electron chi connectivity index (χ2n) is 6.11. The summed E-state index contributed by atoms with van der Waals surface area (Å²) in [6, 6.07) is 11.6. The number of fused-ring (bicyclic) bond motifs is 1. The number of nitrogens with one attached hydrogen (secondary N) is 2. The average molecular weight is 352 g/mol. The van der Waals surface area contributed by atoms with Gasteiger partial charge in [-0.05, 0) is 55.3 Å². The summed E-state index contributed by atoms with van der Waals surface area (Å²) < 4.78 is 11.1. The molecule has 0 saturated carbocycles. The van der Waals surface area contributed by atoms with Crippen LogP contribution in [-0.2, 0) is 9.53 Å². The normalized spacial score (nSPS) is 18.4. The molecule has 0 aromatic heterocycles. The SMILES string of the molecule is O=C1NC(=O)c2cc(Oc3ccc(NC(=O)[C@H]4CCCO4)cc3)ccc21. The maximum atomic E-state index is 12.0. The lowest BCUT2D eigenvalue weighted by Crippen LogP contribution is -2.26. The maximum Gasteiger partial charge on any atom is 0.259 e. The summed E-state index contributed by atoms with van der Waals surface area (Å²) in [5.74, 6) is 0.0190. The van der Waals surface area contributed by atoms with Crippen LogP contribution in [0.25, 0.3) is 0 Å². The minimum atomic E-state index is -0.428. The number of carbonyl (C=O) groups excluding carboxylic acids is 3. The van der Waals surface area contributed by atoms with Gasteiger partial charge in [-0.3, -0.25) is 19.7 Å². The summed E-state index contributed by atoms with van der Waals surface area (Å²) in [6.45, 7) is 0.620. The first-order chi connectivity index (χ1) is 12.6. The third-order valence-corrected chi connectivity index (χ3v) is 4.29. The highest BCUT2D eigenvalue weighted by atomic mass is 16.5. The fourth-order valence-corrected chi connectivity index (χ4v) is 2.96. The first-order valence-corrected chi connectivity index (χ1v) is 8.30. The van der Waals surface area contributed by atoms with Crippen molar-refractivity contribution in [2.24, 2.45) is 0 Å². The van der Waals surface area contributed by atoms with E-state index in [1.807, 2.05) is 0 Å². The number of imide groups is 1. The highest BCUT2D eigenvalue weighted by Crippen LogP contribution is 2.27. The number of hydrogen-bond donors (Lipinski definition) is 2. The zero-order valence-electron chi connectivity index (χ0n) is 13.8. The van der Waals surface area contributed by atoms with Crippen molar-refractivity contribution < 1.29 is 23.9 Å².